The molecule has 1 fully saturated rings. The average molecular weight is 283 g/mol. The van der Waals surface area contributed by atoms with Gasteiger partial charge in [0.25, 0.3) is 0 Å². The Morgan fingerprint density at radius 2 is 2.25 bits per heavy atom. The van der Waals surface area contributed by atoms with E-state index in [4.69, 9.17) is 0 Å². The lowest BCUT2D eigenvalue weighted by Crippen LogP contribution is -2.19. The van der Waals surface area contributed by atoms with Gasteiger partial charge in [-0.2, -0.15) is 0 Å². The molecule has 0 amide bonds. The summed E-state index contributed by atoms with van der Waals surface area (Å²) in [5.41, 5.74) is 1.23. The fraction of sp³-hybridized carbons (Fsp3) is 0.615. The van der Waals surface area contributed by atoms with Crippen molar-refractivity contribution in [3.8, 4) is 0 Å². The van der Waals surface area contributed by atoms with Crippen molar-refractivity contribution in [2.75, 3.05) is 20.1 Å². The first kappa shape index (κ1) is 12.1. The van der Waals surface area contributed by atoms with Gasteiger partial charge in [0.1, 0.15) is 4.60 Å². The average Bonchev–Trinajstić information content (AvgIpc) is 2.44. The molecule has 1 saturated heterocycles. The maximum atomic E-state index is 4.52. The zero-order valence-corrected chi connectivity index (χ0v) is 11.4. The minimum Gasteiger partial charge on any atom is -0.306 e. The molecule has 16 heavy (non-hydrogen) atoms. The lowest BCUT2D eigenvalue weighted by atomic mass is 9.95. The molecule has 2 heterocycles. The van der Waals surface area contributed by atoms with Crippen LogP contribution in [0.2, 0.25) is 0 Å². The summed E-state index contributed by atoms with van der Waals surface area (Å²) in [6.07, 6.45) is 5.12. The van der Waals surface area contributed by atoms with Gasteiger partial charge < -0.3 is 4.90 Å². The van der Waals surface area contributed by atoms with Crippen LogP contribution in [0.15, 0.2) is 22.8 Å². The first-order chi connectivity index (χ1) is 7.74. The van der Waals surface area contributed by atoms with Crippen LogP contribution in [-0.2, 0) is 6.42 Å². The van der Waals surface area contributed by atoms with E-state index in [0.717, 1.165) is 16.9 Å². The van der Waals surface area contributed by atoms with Crippen molar-refractivity contribution < 1.29 is 0 Å². The summed E-state index contributed by atoms with van der Waals surface area (Å²) in [4.78, 5) is 6.96. The molecule has 0 bridgehead atoms. The van der Waals surface area contributed by atoms with Crippen LogP contribution in [0.1, 0.15) is 25.0 Å². The van der Waals surface area contributed by atoms with Gasteiger partial charge in [-0.25, -0.2) is 4.98 Å². The number of halogens is 1. The number of rotatable bonds is 2. The van der Waals surface area contributed by atoms with Crippen molar-refractivity contribution in [2.45, 2.75) is 25.7 Å². The molecule has 3 heteroatoms. The Hall–Kier alpha value is -0.410. The first-order valence-corrected chi connectivity index (χ1v) is 6.83. The summed E-state index contributed by atoms with van der Waals surface area (Å²) in [6.45, 7) is 2.49. The quantitative estimate of drug-likeness (QED) is 0.775. The van der Waals surface area contributed by atoms with Gasteiger partial charge in [-0.1, -0.05) is 6.07 Å². The predicted molar refractivity (Wildman–Crippen MR) is 70.5 cm³/mol. The lowest BCUT2D eigenvalue weighted by molar-refractivity contribution is 0.341. The molecule has 0 saturated carbocycles. The second-order valence-corrected chi connectivity index (χ2v) is 5.57. The normalized spacial score (nSPS) is 23.0. The van der Waals surface area contributed by atoms with Crippen LogP contribution < -0.4 is 0 Å². The summed E-state index contributed by atoms with van der Waals surface area (Å²) < 4.78 is 0.954. The number of pyridine rings is 1. The molecular weight excluding hydrogens is 264 g/mol. The molecule has 0 aromatic carbocycles. The Morgan fingerprint density at radius 3 is 3.06 bits per heavy atom. The molecule has 1 atom stereocenters. The molecule has 1 aliphatic rings. The van der Waals surface area contributed by atoms with Gasteiger partial charge in [0.15, 0.2) is 0 Å². The highest BCUT2D eigenvalue weighted by molar-refractivity contribution is 9.10. The smallest absolute Gasteiger partial charge is 0.106 e. The SMILES string of the molecule is CN1CCCC(Cc2cccc(Br)n2)CC1. The number of likely N-dealkylation sites (tertiary alicyclic amines) is 1. The highest BCUT2D eigenvalue weighted by atomic mass is 79.9. The van der Waals surface area contributed by atoms with E-state index >= 15 is 0 Å². The lowest BCUT2D eigenvalue weighted by Gasteiger charge is -2.14. The van der Waals surface area contributed by atoms with E-state index in [-0.39, 0.29) is 0 Å². The van der Waals surface area contributed by atoms with Crippen molar-refractivity contribution in [3.05, 3.63) is 28.5 Å². The van der Waals surface area contributed by atoms with Gasteiger partial charge >= 0.3 is 0 Å². The Balaban J connectivity index is 1.93. The molecule has 1 aromatic rings. The van der Waals surface area contributed by atoms with E-state index in [1.807, 2.05) is 6.07 Å². The van der Waals surface area contributed by atoms with Gasteiger partial charge in [-0.05, 0) is 79.8 Å². The van der Waals surface area contributed by atoms with Crippen molar-refractivity contribution in [2.24, 2.45) is 5.92 Å². The molecule has 1 aliphatic heterocycles. The second kappa shape index (κ2) is 5.78. The first-order valence-electron chi connectivity index (χ1n) is 6.04. The van der Waals surface area contributed by atoms with E-state index in [0.29, 0.717) is 0 Å². The van der Waals surface area contributed by atoms with Crippen molar-refractivity contribution in [1.82, 2.24) is 9.88 Å². The second-order valence-electron chi connectivity index (χ2n) is 4.76. The summed E-state index contributed by atoms with van der Waals surface area (Å²) in [7, 11) is 2.22. The van der Waals surface area contributed by atoms with Crippen molar-refractivity contribution in [1.29, 1.82) is 0 Å². The molecule has 2 rings (SSSR count). The van der Waals surface area contributed by atoms with E-state index in [9.17, 15) is 0 Å². The minimum absolute atomic E-state index is 0.812. The number of hydrogen-bond donors (Lipinski definition) is 0. The van der Waals surface area contributed by atoms with Crippen molar-refractivity contribution in [3.63, 3.8) is 0 Å². The van der Waals surface area contributed by atoms with Gasteiger partial charge in [0.05, 0.1) is 0 Å². The van der Waals surface area contributed by atoms with Crippen molar-refractivity contribution >= 4 is 15.9 Å². The number of aromatic nitrogens is 1. The van der Waals surface area contributed by atoms with Crippen LogP contribution in [0.4, 0.5) is 0 Å². The van der Waals surface area contributed by atoms with E-state index in [1.54, 1.807) is 0 Å². The van der Waals surface area contributed by atoms with Gasteiger partial charge in [0, 0.05) is 5.69 Å². The fourth-order valence-corrected chi connectivity index (χ4v) is 2.75. The maximum absolute atomic E-state index is 4.52. The molecule has 0 radical (unpaired) electrons. The largest absolute Gasteiger partial charge is 0.306 e. The summed E-state index contributed by atoms with van der Waals surface area (Å²) in [5.74, 6) is 0.812. The zero-order valence-electron chi connectivity index (χ0n) is 9.82. The molecule has 0 N–H and O–H groups in total. The Labute approximate surface area is 106 Å². The van der Waals surface area contributed by atoms with E-state index in [2.05, 4.69) is 45.0 Å². The monoisotopic (exact) mass is 282 g/mol. The van der Waals surface area contributed by atoms with Gasteiger partial charge in [-0.3, -0.25) is 0 Å². The molecule has 88 valence electrons. The third-order valence-electron chi connectivity index (χ3n) is 3.34. The van der Waals surface area contributed by atoms with Gasteiger partial charge in [0.2, 0.25) is 0 Å². The van der Waals surface area contributed by atoms with Crippen LogP contribution in [0.3, 0.4) is 0 Å². The molecular formula is C13H19BrN2. The van der Waals surface area contributed by atoms with Crippen LogP contribution in [-0.4, -0.2) is 30.0 Å². The van der Waals surface area contributed by atoms with Crippen LogP contribution in [0.5, 0.6) is 0 Å². The third kappa shape index (κ3) is 3.56. The van der Waals surface area contributed by atoms with Crippen LogP contribution >= 0.6 is 15.9 Å². The Kier molecular flexibility index (Phi) is 4.36. The summed E-state index contributed by atoms with van der Waals surface area (Å²) >= 11 is 3.43. The highest BCUT2D eigenvalue weighted by Gasteiger charge is 2.15. The van der Waals surface area contributed by atoms with Crippen LogP contribution in [0.25, 0.3) is 0 Å². The molecule has 0 spiro atoms. The molecule has 0 aliphatic carbocycles. The van der Waals surface area contributed by atoms with E-state index < -0.39 is 0 Å². The zero-order chi connectivity index (χ0) is 11.4. The Morgan fingerprint density at radius 1 is 1.38 bits per heavy atom. The van der Waals surface area contributed by atoms with Gasteiger partial charge in [-0.15, -0.1) is 0 Å². The number of hydrogen-bond acceptors (Lipinski definition) is 2. The minimum atomic E-state index is 0.812. The van der Waals surface area contributed by atoms with Crippen LogP contribution in [0, 0.1) is 5.92 Å². The molecule has 2 nitrogen and oxygen atoms in total. The summed E-state index contributed by atoms with van der Waals surface area (Å²) in [5, 5.41) is 0. The maximum Gasteiger partial charge on any atom is 0.106 e. The standard InChI is InChI=1S/C13H19BrN2/c1-16-8-3-4-11(7-9-16)10-12-5-2-6-13(14)15-12/h2,5-6,11H,3-4,7-10H2,1H3. The predicted octanol–water partition coefficient (Wildman–Crippen LogP) is 3.12. The van der Waals surface area contributed by atoms with E-state index in [1.165, 1.54) is 38.0 Å². The Bertz CT molecular complexity index is 340. The fourth-order valence-electron chi connectivity index (χ4n) is 2.37. The third-order valence-corrected chi connectivity index (χ3v) is 3.78. The topological polar surface area (TPSA) is 16.1 Å². The molecule has 1 unspecified atom stereocenters. The summed E-state index contributed by atoms with van der Waals surface area (Å²) in [6, 6.07) is 6.21. The molecule has 1 aromatic heterocycles. The number of nitrogens with zero attached hydrogens (tertiary/aromatic N) is 2. The highest BCUT2D eigenvalue weighted by Crippen LogP contribution is 2.21.